The molecule has 0 radical (unpaired) electrons. The number of anilines is 1. The van der Waals surface area contributed by atoms with E-state index in [9.17, 15) is 14.9 Å². The van der Waals surface area contributed by atoms with Crippen molar-refractivity contribution in [2.45, 2.75) is 32.2 Å². The zero-order valence-corrected chi connectivity index (χ0v) is 16.9. The van der Waals surface area contributed by atoms with Crippen LogP contribution in [-0.4, -0.2) is 50.4 Å². The summed E-state index contributed by atoms with van der Waals surface area (Å²) in [6.45, 7) is 3.12. The lowest BCUT2D eigenvalue weighted by molar-refractivity contribution is -0.134. The summed E-state index contributed by atoms with van der Waals surface area (Å²) in [5, 5.41) is 16.9. The van der Waals surface area contributed by atoms with Crippen molar-refractivity contribution in [1.29, 1.82) is 5.26 Å². The number of carbonyl (C=O) groups is 2. The van der Waals surface area contributed by atoms with Crippen LogP contribution < -0.4 is 11.1 Å². The van der Waals surface area contributed by atoms with Crippen molar-refractivity contribution >= 4 is 39.1 Å². The van der Waals surface area contributed by atoms with Gasteiger partial charge in [-0.05, 0) is 41.1 Å². The summed E-state index contributed by atoms with van der Waals surface area (Å²) in [4.78, 5) is 30.9. The molecule has 1 saturated carbocycles. The molecular formula is C18H20BrN7O2. The quantitative estimate of drug-likeness (QED) is 0.717. The Kier molecular flexibility index (Phi) is 4.50. The van der Waals surface area contributed by atoms with Crippen molar-refractivity contribution in [2.24, 2.45) is 17.1 Å². The number of fused-ring (bicyclic) bond motifs is 1. The molecule has 1 aliphatic carbocycles. The number of aromatic nitrogens is 3. The summed E-state index contributed by atoms with van der Waals surface area (Å²) in [7, 11) is 0. The van der Waals surface area contributed by atoms with E-state index < -0.39 is 11.3 Å². The van der Waals surface area contributed by atoms with E-state index in [0.29, 0.717) is 41.9 Å². The first kappa shape index (κ1) is 18.7. The summed E-state index contributed by atoms with van der Waals surface area (Å²) in [5.74, 6) is -0.501. The van der Waals surface area contributed by atoms with Crippen LogP contribution in [-0.2, 0) is 4.79 Å². The van der Waals surface area contributed by atoms with E-state index in [-0.39, 0.29) is 23.4 Å². The minimum Gasteiger partial charge on any atom is -0.376 e. The van der Waals surface area contributed by atoms with Crippen LogP contribution in [0, 0.1) is 22.7 Å². The zero-order chi connectivity index (χ0) is 20.1. The smallest absolute Gasteiger partial charge is 0.252 e. The number of nitrogens with two attached hydrogens (primary N) is 1. The third-order valence-corrected chi connectivity index (χ3v) is 6.07. The highest BCUT2D eigenvalue weighted by Gasteiger charge is 2.54. The molecule has 3 heterocycles. The fraction of sp³-hybridized carbons (Fsp3) is 0.500. The van der Waals surface area contributed by atoms with Gasteiger partial charge in [-0.2, -0.15) is 10.4 Å². The summed E-state index contributed by atoms with van der Waals surface area (Å²) in [6, 6.07) is 2.10. The molecule has 0 unspecified atom stereocenters. The van der Waals surface area contributed by atoms with Crippen LogP contribution in [0.1, 0.15) is 36.5 Å². The van der Waals surface area contributed by atoms with E-state index in [4.69, 9.17) is 5.73 Å². The van der Waals surface area contributed by atoms with Crippen molar-refractivity contribution in [3.63, 3.8) is 0 Å². The maximum absolute atomic E-state index is 12.8. The second kappa shape index (κ2) is 6.74. The average molecular weight is 446 g/mol. The lowest BCUT2D eigenvalue weighted by Crippen LogP contribution is -2.36. The molecule has 2 fully saturated rings. The SMILES string of the molecule is CC[C@@H]1CN(C(=O)C2(C#N)CC2)C[C@H]1Nc1c(C(N)=O)cnn2cc(Br)nc12. The van der Waals surface area contributed by atoms with Gasteiger partial charge in [0.2, 0.25) is 5.91 Å². The van der Waals surface area contributed by atoms with E-state index in [2.05, 4.69) is 44.3 Å². The molecule has 1 saturated heterocycles. The molecule has 1 aliphatic heterocycles. The molecule has 0 aromatic carbocycles. The number of imidazole rings is 1. The Labute approximate surface area is 170 Å². The lowest BCUT2D eigenvalue weighted by Gasteiger charge is -2.21. The summed E-state index contributed by atoms with van der Waals surface area (Å²) < 4.78 is 2.15. The van der Waals surface area contributed by atoms with Gasteiger partial charge < -0.3 is 16.0 Å². The lowest BCUT2D eigenvalue weighted by atomic mass is 10.0. The summed E-state index contributed by atoms with van der Waals surface area (Å²) >= 11 is 3.32. The number of nitriles is 1. The van der Waals surface area contributed by atoms with E-state index in [1.165, 1.54) is 6.20 Å². The van der Waals surface area contributed by atoms with Gasteiger partial charge in [-0.1, -0.05) is 6.92 Å². The van der Waals surface area contributed by atoms with Gasteiger partial charge in [0.1, 0.15) is 10.0 Å². The standard InChI is InChI=1S/C18H20BrN7O2/c1-2-10-6-25(17(28)18(9-20)3-4-18)7-12(10)23-14-11(15(21)27)5-22-26-8-13(19)24-16(14)26/h5,8,10,12,23H,2-4,6-7H2,1H3,(H2,21,27)/t10-,12-/m1/s1. The van der Waals surface area contributed by atoms with Crippen LogP contribution in [0.25, 0.3) is 5.65 Å². The molecule has 2 aliphatic rings. The van der Waals surface area contributed by atoms with Crippen molar-refractivity contribution in [1.82, 2.24) is 19.5 Å². The number of rotatable bonds is 5. The molecule has 2 atom stereocenters. The first-order chi connectivity index (χ1) is 13.4. The van der Waals surface area contributed by atoms with E-state index in [0.717, 1.165) is 6.42 Å². The normalized spacial score (nSPS) is 22.8. The highest BCUT2D eigenvalue weighted by atomic mass is 79.9. The van der Waals surface area contributed by atoms with Crippen LogP contribution in [0.5, 0.6) is 0 Å². The second-order valence-corrected chi connectivity index (χ2v) is 8.26. The molecule has 9 nitrogen and oxygen atoms in total. The third kappa shape index (κ3) is 2.99. The van der Waals surface area contributed by atoms with Gasteiger partial charge in [0, 0.05) is 19.1 Å². The van der Waals surface area contributed by atoms with Gasteiger partial charge in [-0.3, -0.25) is 9.59 Å². The van der Waals surface area contributed by atoms with Crippen LogP contribution in [0.2, 0.25) is 0 Å². The molecule has 28 heavy (non-hydrogen) atoms. The van der Waals surface area contributed by atoms with Crippen molar-refractivity contribution in [2.75, 3.05) is 18.4 Å². The van der Waals surface area contributed by atoms with Gasteiger partial charge in [0.25, 0.3) is 5.91 Å². The Morgan fingerprint density at radius 2 is 2.21 bits per heavy atom. The predicted molar refractivity (Wildman–Crippen MR) is 104 cm³/mol. The van der Waals surface area contributed by atoms with Crippen LogP contribution in [0.3, 0.4) is 0 Å². The van der Waals surface area contributed by atoms with E-state index in [1.54, 1.807) is 15.6 Å². The van der Waals surface area contributed by atoms with Crippen molar-refractivity contribution in [3.05, 3.63) is 22.6 Å². The number of nitrogens with one attached hydrogen (secondary N) is 1. The monoisotopic (exact) mass is 445 g/mol. The summed E-state index contributed by atoms with van der Waals surface area (Å²) in [5.41, 5.74) is 5.96. The number of hydrogen-bond acceptors (Lipinski definition) is 6. The number of nitrogens with zero attached hydrogens (tertiary/aromatic N) is 5. The first-order valence-electron chi connectivity index (χ1n) is 9.19. The fourth-order valence-corrected chi connectivity index (χ4v) is 4.20. The van der Waals surface area contributed by atoms with Crippen LogP contribution >= 0.6 is 15.9 Å². The second-order valence-electron chi connectivity index (χ2n) is 7.45. The van der Waals surface area contributed by atoms with Gasteiger partial charge in [-0.25, -0.2) is 9.50 Å². The topological polar surface area (TPSA) is 129 Å². The molecule has 146 valence electrons. The maximum atomic E-state index is 12.8. The highest BCUT2D eigenvalue weighted by molar-refractivity contribution is 9.10. The number of amides is 2. The van der Waals surface area contributed by atoms with Gasteiger partial charge in [-0.15, -0.1) is 0 Å². The van der Waals surface area contributed by atoms with Crippen LogP contribution in [0.4, 0.5) is 5.69 Å². The molecule has 3 N–H and O–H groups in total. The number of likely N-dealkylation sites (tertiary alicyclic amines) is 1. The Balaban J connectivity index is 1.65. The van der Waals surface area contributed by atoms with Gasteiger partial charge >= 0.3 is 0 Å². The Morgan fingerprint density at radius 3 is 2.82 bits per heavy atom. The molecule has 0 bridgehead atoms. The Hall–Kier alpha value is -2.67. The minimum atomic E-state index is -0.830. The molecule has 2 aromatic heterocycles. The first-order valence-corrected chi connectivity index (χ1v) is 9.98. The molecule has 2 aromatic rings. The zero-order valence-electron chi connectivity index (χ0n) is 15.4. The molecule has 2 amide bonds. The van der Waals surface area contributed by atoms with Gasteiger partial charge in [0.05, 0.1) is 29.7 Å². The van der Waals surface area contributed by atoms with Crippen molar-refractivity contribution < 1.29 is 9.59 Å². The minimum absolute atomic E-state index is 0.0804. The number of carbonyl (C=O) groups excluding carboxylic acids is 2. The predicted octanol–water partition coefficient (Wildman–Crippen LogP) is 1.54. The Bertz CT molecular complexity index is 1010. The molecule has 0 spiro atoms. The van der Waals surface area contributed by atoms with E-state index in [1.807, 2.05) is 0 Å². The molecule has 4 rings (SSSR count). The van der Waals surface area contributed by atoms with Gasteiger partial charge in [0.15, 0.2) is 5.65 Å². The van der Waals surface area contributed by atoms with Crippen molar-refractivity contribution in [3.8, 4) is 6.07 Å². The Morgan fingerprint density at radius 1 is 1.46 bits per heavy atom. The molecule has 10 heteroatoms. The number of primary amides is 1. The number of halogens is 1. The maximum Gasteiger partial charge on any atom is 0.252 e. The average Bonchev–Trinajstić information content (AvgIpc) is 3.22. The molecular weight excluding hydrogens is 426 g/mol. The summed E-state index contributed by atoms with van der Waals surface area (Å²) in [6.07, 6.45) is 5.22. The van der Waals surface area contributed by atoms with Crippen LogP contribution in [0.15, 0.2) is 17.0 Å². The third-order valence-electron chi connectivity index (χ3n) is 5.68. The fourth-order valence-electron chi connectivity index (χ4n) is 3.84. The largest absolute Gasteiger partial charge is 0.376 e. The highest BCUT2D eigenvalue weighted by Crippen LogP contribution is 2.47. The number of hydrogen-bond donors (Lipinski definition) is 2. The van der Waals surface area contributed by atoms with E-state index >= 15 is 0 Å².